The number of aldehydes is 1. The van der Waals surface area contributed by atoms with Gasteiger partial charge in [-0.2, -0.15) is 14.3 Å². The minimum absolute atomic E-state index is 0. The molecular weight excluding hydrogens is 199 g/mol. The second kappa shape index (κ2) is 8.97. The Morgan fingerprint density at radius 3 is 2.78 bits per heavy atom. The van der Waals surface area contributed by atoms with Gasteiger partial charge in [0.2, 0.25) is 0 Å². The van der Waals surface area contributed by atoms with Crippen LogP contribution in [-0.4, -0.2) is 18.5 Å². The van der Waals surface area contributed by atoms with E-state index in [1.54, 1.807) is 0 Å². The van der Waals surface area contributed by atoms with E-state index in [9.17, 15) is 4.79 Å². The van der Waals surface area contributed by atoms with Gasteiger partial charge in [0.05, 0.1) is 6.54 Å². The third-order valence-corrected chi connectivity index (χ3v) is 1.53. The van der Waals surface area contributed by atoms with E-state index in [1.165, 1.54) is 0 Å². The van der Waals surface area contributed by atoms with Crippen LogP contribution in [0.2, 0.25) is 0 Å². The van der Waals surface area contributed by atoms with E-state index in [4.69, 9.17) is 12.5 Å². The molecule has 0 heterocycles. The average Bonchev–Trinajstić information content (AvgIpc) is 1.66. The molecule has 56 valence electrons. The Balaban J connectivity index is 0. The molecule has 0 saturated carbocycles. The maximum atomic E-state index is 9.67. The third-order valence-electron chi connectivity index (χ3n) is 0.448. The van der Waals surface area contributed by atoms with Gasteiger partial charge in [0.1, 0.15) is 6.29 Å². The number of carbonyl (C=O) groups excluding carboxylic acids is 1. The van der Waals surface area contributed by atoms with Crippen molar-refractivity contribution in [1.82, 2.24) is 5.09 Å². The van der Waals surface area contributed by atoms with Crippen LogP contribution in [0.3, 0.4) is 0 Å². The molecule has 0 fully saturated rings. The topological polar surface area (TPSA) is 29.1 Å². The van der Waals surface area contributed by atoms with Crippen LogP contribution in [-0.2, 0) is 33.8 Å². The SMILES string of the molecule is [CH2-]B([S-])PNCC=O.[Ni]. The van der Waals surface area contributed by atoms with Crippen molar-refractivity contribution in [3.8, 4) is 0 Å². The molecule has 0 bridgehead atoms. The van der Waals surface area contributed by atoms with E-state index >= 15 is 0 Å². The Morgan fingerprint density at radius 1 is 1.89 bits per heavy atom. The van der Waals surface area contributed by atoms with E-state index in [1.807, 2.05) is 0 Å². The molecule has 0 aliphatic carbocycles. The van der Waals surface area contributed by atoms with Crippen molar-refractivity contribution in [3.05, 3.63) is 6.82 Å². The van der Waals surface area contributed by atoms with Crippen molar-refractivity contribution >= 4 is 33.1 Å². The molecule has 1 N–H and O–H groups in total. The van der Waals surface area contributed by atoms with Crippen molar-refractivity contribution in [2.45, 2.75) is 0 Å². The Bertz CT molecular complexity index is 76.8. The normalized spacial score (nSPS) is 9.11. The van der Waals surface area contributed by atoms with Gasteiger partial charge in [-0.3, -0.25) is 0 Å². The minimum Gasteiger partial charge on any atom is -0.849 e. The summed E-state index contributed by atoms with van der Waals surface area (Å²) in [6.07, 6.45) is 0.810. The molecule has 0 amide bonds. The summed E-state index contributed by atoms with van der Waals surface area (Å²) < 4.78 is 0. The van der Waals surface area contributed by atoms with E-state index in [0.717, 1.165) is 6.29 Å². The first kappa shape index (κ1) is 12.6. The summed E-state index contributed by atoms with van der Waals surface area (Å²) in [7, 11) is 0.418. The quantitative estimate of drug-likeness (QED) is 0.172. The van der Waals surface area contributed by atoms with Gasteiger partial charge in [0.15, 0.2) is 0 Å². The maximum absolute atomic E-state index is 9.67. The number of rotatable bonds is 4. The van der Waals surface area contributed by atoms with Gasteiger partial charge in [0, 0.05) is 16.5 Å². The van der Waals surface area contributed by atoms with Crippen LogP contribution < -0.4 is 5.09 Å². The summed E-state index contributed by atoms with van der Waals surface area (Å²) in [6, 6.07) is 0. The van der Waals surface area contributed by atoms with Crippen LogP contribution in [0, 0.1) is 6.82 Å². The number of hydrogen-bond donors (Lipinski definition) is 1. The Labute approximate surface area is 73.0 Å². The fourth-order valence-corrected chi connectivity index (χ4v) is 0.893. The zero-order chi connectivity index (χ0) is 6.41. The largest absolute Gasteiger partial charge is 0.849 e. The van der Waals surface area contributed by atoms with Crippen LogP contribution in [0.15, 0.2) is 0 Å². The third kappa shape index (κ3) is 12.2. The summed E-state index contributed by atoms with van der Waals surface area (Å²) in [4.78, 5) is 9.67. The van der Waals surface area contributed by atoms with E-state index in [2.05, 4.69) is 11.9 Å². The van der Waals surface area contributed by atoms with Crippen molar-refractivity contribution in [2.24, 2.45) is 0 Å². The van der Waals surface area contributed by atoms with Crippen LogP contribution in [0.25, 0.3) is 0 Å². The second-order valence-corrected chi connectivity index (χ2v) is 3.51. The summed E-state index contributed by atoms with van der Waals surface area (Å²) in [5.74, 6) is 0. The molecule has 2 nitrogen and oxygen atoms in total. The Morgan fingerprint density at radius 2 is 2.44 bits per heavy atom. The molecule has 0 aromatic heterocycles. The van der Waals surface area contributed by atoms with Crippen LogP contribution in [0.1, 0.15) is 0 Å². The van der Waals surface area contributed by atoms with Gasteiger partial charge >= 0.3 is 0 Å². The van der Waals surface area contributed by atoms with Crippen molar-refractivity contribution in [2.75, 3.05) is 6.54 Å². The molecule has 0 aromatic carbocycles. The Hall–Kier alpha value is 0.968. The predicted molar refractivity (Wildman–Crippen MR) is 40.9 cm³/mol. The van der Waals surface area contributed by atoms with Crippen molar-refractivity contribution in [1.29, 1.82) is 0 Å². The zero-order valence-corrected chi connectivity index (χ0v) is 7.51. The molecule has 9 heavy (non-hydrogen) atoms. The van der Waals surface area contributed by atoms with E-state index in [0.29, 0.717) is 15.2 Å². The summed E-state index contributed by atoms with van der Waals surface area (Å²) in [5, 5.41) is 2.83. The molecule has 6 heteroatoms. The summed E-state index contributed by atoms with van der Waals surface area (Å²) in [6.45, 7) is 3.95. The molecule has 1 atom stereocenters. The second-order valence-electron chi connectivity index (χ2n) is 1.18. The van der Waals surface area contributed by atoms with E-state index in [-0.39, 0.29) is 22.2 Å². The smallest absolute Gasteiger partial charge is 0.134 e. The predicted octanol–water partition coefficient (Wildman–Crippen LogP) is -0.226. The molecule has 1 unspecified atom stereocenters. The van der Waals surface area contributed by atoms with Gasteiger partial charge in [0.25, 0.3) is 0 Å². The van der Waals surface area contributed by atoms with Crippen LogP contribution >= 0.6 is 8.61 Å². The number of carbonyl (C=O) groups is 1. The first-order valence-corrected chi connectivity index (χ1v) is 3.73. The molecule has 0 aromatic rings. The van der Waals surface area contributed by atoms with Crippen molar-refractivity contribution < 1.29 is 21.3 Å². The van der Waals surface area contributed by atoms with Crippen LogP contribution in [0.4, 0.5) is 0 Å². The monoisotopic (exact) mass is 205 g/mol. The van der Waals surface area contributed by atoms with Gasteiger partial charge < -0.3 is 29.2 Å². The van der Waals surface area contributed by atoms with Crippen molar-refractivity contribution in [3.63, 3.8) is 0 Å². The number of hydrogen-bond acceptors (Lipinski definition) is 3. The molecule has 0 aliphatic rings. The zero-order valence-electron chi connectivity index (χ0n) is 4.70. The first-order valence-electron chi connectivity index (χ1n) is 2.18. The van der Waals surface area contributed by atoms with Gasteiger partial charge in [-0.05, 0) is 0 Å². The molecule has 0 aliphatic heterocycles. The average molecular weight is 206 g/mol. The van der Waals surface area contributed by atoms with Crippen LogP contribution in [0.5, 0.6) is 0 Å². The molecule has 0 saturated heterocycles. The number of nitrogens with one attached hydrogen (secondary N) is 1. The molecular formula is C3H7BNNiOPS-2. The molecule has 0 rings (SSSR count). The summed E-state index contributed by atoms with van der Waals surface area (Å²) in [5.41, 5.74) is -0.00468. The fraction of sp³-hybridized carbons (Fsp3) is 0.333. The molecule has 0 spiro atoms. The minimum atomic E-state index is -0.00468. The standard InChI is InChI=1S/C3H7BNOPS.Ni/c1-4(8)7-5-2-3-6;/h3,5,7H,1-2H2;/q-2;. The maximum Gasteiger partial charge on any atom is 0.134 e. The van der Waals surface area contributed by atoms with Gasteiger partial charge in [-0.1, -0.05) is 0 Å². The summed E-state index contributed by atoms with van der Waals surface area (Å²) >= 11 is 4.72. The van der Waals surface area contributed by atoms with Gasteiger partial charge in [-0.15, -0.1) is 0 Å². The molecule has 0 radical (unpaired) electrons. The first-order chi connectivity index (χ1) is 3.77. The fourth-order valence-electron chi connectivity index (χ4n) is 0.214. The van der Waals surface area contributed by atoms with E-state index < -0.39 is 0 Å². The Kier molecular flexibility index (Phi) is 12.6. The van der Waals surface area contributed by atoms with Gasteiger partial charge in [-0.25, -0.2) is 0 Å².